The molecule has 0 heterocycles. The van der Waals surface area contributed by atoms with Gasteiger partial charge in [0.05, 0.1) is 12.2 Å². The third kappa shape index (κ3) is 5.47. The number of rotatable bonds is 8. The third-order valence-electron chi connectivity index (χ3n) is 3.86. The molecule has 0 saturated heterocycles. The third-order valence-corrected chi connectivity index (χ3v) is 3.86. The minimum absolute atomic E-state index is 0.0579. The van der Waals surface area contributed by atoms with Gasteiger partial charge in [0.25, 0.3) is 0 Å². The quantitative estimate of drug-likeness (QED) is 0.429. The molecule has 1 aromatic carbocycles. The second kappa shape index (κ2) is 9.03. The molecule has 4 nitrogen and oxygen atoms in total. The van der Waals surface area contributed by atoms with Crippen LogP contribution in [0.5, 0.6) is 0 Å². The smallest absolute Gasteiger partial charge is 0.337 e. The summed E-state index contributed by atoms with van der Waals surface area (Å²) in [6.07, 6.45) is 2.26. The van der Waals surface area contributed by atoms with Gasteiger partial charge in [0, 0.05) is 5.69 Å². The van der Waals surface area contributed by atoms with Gasteiger partial charge in [-0.2, -0.15) is 0 Å². The average molecular weight is 317 g/mol. The first-order valence-electron chi connectivity index (χ1n) is 7.96. The molecule has 0 saturated carbocycles. The van der Waals surface area contributed by atoms with Crippen molar-refractivity contribution in [3.05, 3.63) is 53.6 Å². The van der Waals surface area contributed by atoms with E-state index in [1.54, 1.807) is 6.92 Å². The van der Waals surface area contributed by atoms with E-state index < -0.39 is 0 Å². The molecule has 1 atom stereocenters. The fourth-order valence-electron chi connectivity index (χ4n) is 2.00. The molecule has 1 N–H and O–H groups in total. The van der Waals surface area contributed by atoms with Crippen molar-refractivity contribution in [2.75, 3.05) is 11.9 Å². The van der Waals surface area contributed by atoms with Crippen LogP contribution in [0, 0.1) is 19.8 Å². The number of anilines is 1. The molecule has 1 rings (SSSR count). The Kier molecular flexibility index (Phi) is 7.39. The van der Waals surface area contributed by atoms with E-state index in [-0.39, 0.29) is 11.9 Å². The average Bonchev–Trinajstić information content (AvgIpc) is 2.52. The number of carbonyl (C=O) groups excluding carboxylic acids is 1. The zero-order valence-corrected chi connectivity index (χ0v) is 14.7. The van der Waals surface area contributed by atoms with Gasteiger partial charge in [0.15, 0.2) is 5.88 Å². The number of aryl methyl sites for hydroxylation is 1. The van der Waals surface area contributed by atoms with Crippen LogP contribution in [0.4, 0.5) is 5.69 Å². The predicted molar refractivity (Wildman–Crippen MR) is 93.9 cm³/mol. The van der Waals surface area contributed by atoms with Gasteiger partial charge in [-0.25, -0.2) is 4.79 Å². The molecule has 0 amide bonds. The van der Waals surface area contributed by atoms with Crippen LogP contribution in [0.3, 0.4) is 0 Å². The van der Waals surface area contributed by atoms with Gasteiger partial charge in [-0.15, -0.1) is 0 Å². The maximum Gasteiger partial charge on any atom is 0.337 e. The molecule has 1 aromatic rings. The van der Waals surface area contributed by atoms with Crippen LogP contribution >= 0.6 is 0 Å². The molecule has 4 heteroatoms. The summed E-state index contributed by atoms with van der Waals surface area (Å²) in [4.78, 5) is 12.0. The van der Waals surface area contributed by atoms with Crippen LogP contribution in [0.25, 0.3) is 0 Å². The van der Waals surface area contributed by atoms with E-state index in [2.05, 4.69) is 11.9 Å². The molecule has 0 radical (unpaired) electrons. The fraction of sp³-hybridized carbons (Fsp3) is 0.421. The molecule has 1 unspecified atom stereocenters. The Morgan fingerprint density at radius 1 is 1.35 bits per heavy atom. The van der Waals surface area contributed by atoms with Gasteiger partial charge in [0.1, 0.15) is 6.26 Å². The van der Waals surface area contributed by atoms with Gasteiger partial charge < -0.3 is 14.8 Å². The van der Waals surface area contributed by atoms with Gasteiger partial charge in [-0.1, -0.05) is 26.0 Å². The van der Waals surface area contributed by atoms with E-state index in [4.69, 9.17) is 9.47 Å². The van der Waals surface area contributed by atoms with E-state index in [1.807, 2.05) is 45.9 Å². The van der Waals surface area contributed by atoms with Gasteiger partial charge >= 0.3 is 5.97 Å². The number of esters is 1. The highest BCUT2D eigenvalue weighted by atomic mass is 16.5. The first kappa shape index (κ1) is 18.8. The molecule has 0 fully saturated rings. The summed E-state index contributed by atoms with van der Waals surface area (Å²) < 4.78 is 10.6. The summed E-state index contributed by atoms with van der Waals surface area (Å²) in [6, 6.07) is 5.98. The van der Waals surface area contributed by atoms with Crippen molar-refractivity contribution in [2.24, 2.45) is 5.92 Å². The molecular weight excluding hydrogens is 290 g/mol. The van der Waals surface area contributed by atoms with Crippen molar-refractivity contribution in [2.45, 2.75) is 41.0 Å². The fourth-order valence-corrected chi connectivity index (χ4v) is 2.00. The molecule has 0 aliphatic heterocycles. The molecule has 23 heavy (non-hydrogen) atoms. The highest BCUT2D eigenvalue weighted by molar-refractivity contribution is 5.88. The van der Waals surface area contributed by atoms with E-state index in [0.29, 0.717) is 18.1 Å². The molecule has 0 aliphatic carbocycles. The second-order valence-corrected chi connectivity index (χ2v) is 5.52. The van der Waals surface area contributed by atoms with Crippen molar-refractivity contribution < 1.29 is 14.3 Å². The Morgan fingerprint density at radius 2 is 2.04 bits per heavy atom. The van der Waals surface area contributed by atoms with Gasteiger partial charge in [-0.05, 0) is 56.9 Å². The largest absolute Gasteiger partial charge is 0.463 e. The van der Waals surface area contributed by atoms with Crippen molar-refractivity contribution in [3.63, 3.8) is 0 Å². The lowest BCUT2D eigenvalue weighted by Crippen LogP contribution is -2.14. The van der Waals surface area contributed by atoms with Crippen LogP contribution < -0.4 is 5.32 Å². The number of hydrogen-bond acceptors (Lipinski definition) is 4. The van der Waals surface area contributed by atoms with Crippen molar-refractivity contribution >= 4 is 11.7 Å². The lowest BCUT2D eigenvalue weighted by molar-refractivity contribution is -0.139. The summed E-state index contributed by atoms with van der Waals surface area (Å²) in [7, 11) is 0. The molecule has 0 aliphatic rings. The number of carbonyl (C=O) groups is 1. The first-order valence-corrected chi connectivity index (χ1v) is 7.96. The normalized spacial score (nSPS) is 12.5. The Morgan fingerprint density at radius 3 is 2.65 bits per heavy atom. The summed E-state index contributed by atoms with van der Waals surface area (Å²) in [5, 5.41) is 3.12. The van der Waals surface area contributed by atoms with Gasteiger partial charge in [-0.3, -0.25) is 0 Å². The zero-order chi connectivity index (χ0) is 17.4. The topological polar surface area (TPSA) is 47.6 Å². The van der Waals surface area contributed by atoms with E-state index >= 15 is 0 Å². The van der Waals surface area contributed by atoms with Crippen molar-refractivity contribution in [1.82, 2.24) is 0 Å². The monoisotopic (exact) mass is 317 g/mol. The summed E-state index contributed by atoms with van der Waals surface area (Å²) >= 11 is 0. The maximum absolute atomic E-state index is 12.0. The number of benzene rings is 1. The summed E-state index contributed by atoms with van der Waals surface area (Å²) in [6.45, 7) is 14.0. The Labute approximate surface area is 139 Å². The summed E-state index contributed by atoms with van der Waals surface area (Å²) in [5.74, 6) is 0.0766. The molecule has 0 bridgehead atoms. The standard InChI is InChI=1S/C19H27NO3/c1-7-13(3)17(19(21)22-8-2)12-23-16(6)20-18-11-9-10-14(4)15(18)5/h9-13,20H,6-8H2,1-5H3/b17-12+. The highest BCUT2D eigenvalue weighted by Crippen LogP contribution is 2.21. The summed E-state index contributed by atoms with van der Waals surface area (Å²) in [5.41, 5.74) is 3.77. The second-order valence-electron chi connectivity index (χ2n) is 5.52. The zero-order valence-electron chi connectivity index (χ0n) is 14.7. The number of ether oxygens (including phenoxy) is 2. The lowest BCUT2D eigenvalue weighted by Gasteiger charge is -2.15. The number of hydrogen-bond donors (Lipinski definition) is 1. The Balaban J connectivity index is 2.80. The first-order chi connectivity index (χ1) is 10.9. The van der Waals surface area contributed by atoms with Crippen LogP contribution in [0.1, 0.15) is 38.3 Å². The van der Waals surface area contributed by atoms with Crippen molar-refractivity contribution in [1.29, 1.82) is 0 Å². The maximum atomic E-state index is 12.0. The van der Waals surface area contributed by atoms with Crippen LogP contribution in [0.15, 0.2) is 42.5 Å². The molecular formula is C19H27NO3. The van der Waals surface area contributed by atoms with Crippen LogP contribution in [-0.2, 0) is 14.3 Å². The Hall–Kier alpha value is -2.23. The van der Waals surface area contributed by atoms with Crippen LogP contribution in [-0.4, -0.2) is 12.6 Å². The minimum atomic E-state index is -0.346. The lowest BCUT2D eigenvalue weighted by atomic mass is 10.00. The van der Waals surface area contributed by atoms with E-state index in [0.717, 1.165) is 17.7 Å². The SMILES string of the molecule is C=C(Nc1cccc(C)c1C)O/C=C(/C(=O)OCC)C(C)CC. The Bertz CT molecular complexity index is 590. The van der Waals surface area contributed by atoms with Gasteiger partial charge in [0.2, 0.25) is 0 Å². The number of nitrogens with one attached hydrogen (secondary N) is 1. The minimum Gasteiger partial charge on any atom is -0.463 e. The van der Waals surface area contributed by atoms with Crippen LogP contribution in [0.2, 0.25) is 0 Å². The van der Waals surface area contributed by atoms with E-state index in [9.17, 15) is 4.79 Å². The highest BCUT2D eigenvalue weighted by Gasteiger charge is 2.17. The predicted octanol–water partition coefficient (Wildman–Crippen LogP) is 4.70. The molecule has 0 aromatic heterocycles. The molecule has 126 valence electrons. The van der Waals surface area contributed by atoms with Crippen molar-refractivity contribution in [3.8, 4) is 0 Å². The van der Waals surface area contributed by atoms with E-state index in [1.165, 1.54) is 11.8 Å². The molecule has 0 spiro atoms.